The van der Waals surface area contributed by atoms with Crippen molar-refractivity contribution in [1.29, 1.82) is 0 Å². The molecule has 21 heavy (non-hydrogen) atoms. The van der Waals surface area contributed by atoms with Crippen molar-refractivity contribution in [3.63, 3.8) is 0 Å². The lowest BCUT2D eigenvalue weighted by Gasteiger charge is -2.18. The van der Waals surface area contributed by atoms with Gasteiger partial charge >= 0.3 is 0 Å². The molecule has 1 heterocycles. The number of ketones is 1. The maximum atomic E-state index is 13.7. The van der Waals surface area contributed by atoms with Crippen molar-refractivity contribution in [2.45, 2.75) is 0 Å². The summed E-state index contributed by atoms with van der Waals surface area (Å²) in [5.74, 6) is -0.370. The molecule has 0 aliphatic rings. The summed E-state index contributed by atoms with van der Waals surface area (Å²) in [6.07, 6.45) is 1.71. The van der Waals surface area contributed by atoms with E-state index in [9.17, 15) is 9.18 Å². The number of H-pyrrole nitrogens is 1. The lowest BCUT2D eigenvalue weighted by molar-refractivity contribution is 0.100. The molecule has 0 saturated heterocycles. The summed E-state index contributed by atoms with van der Waals surface area (Å²) >= 11 is 0. The van der Waals surface area contributed by atoms with Crippen LogP contribution in [0.25, 0.3) is 10.9 Å². The molecule has 0 spiro atoms. The number of Topliss-reactive ketones (excluding diaryl/α,β-unsaturated/α-hetero) is 1. The average molecular weight is 282 g/mol. The lowest BCUT2D eigenvalue weighted by atomic mass is 10.1. The number of fused-ring (bicyclic) bond motifs is 1. The van der Waals surface area contributed by atoms with Crippen LogP contribution in [0, 0.1) is 5.82 Å². The number of rotatable bonds is 4. The molecule has 0 saturated carbocycles. The van der Waals surface area contributed by atoms with Crippen molar-refractivity contribution in [3.8, 4) is 0 Å². The molecule has 0 bridgehead atoms. The predicted octanol–water partition coefficient (Wildman–Crippen LogP) is 3.63. The first-order chi connectivity index (χ1) is 10.2. The largest absolute Gasteiger partial charge is 0.365 e. The van der Waals surface area contributed by atoms with E-state index in [2.05, 4.69) is 4.98 Å². The van der Waals surface area contributed by atoms with Crippen LogP contribution in [0.3, 0.4) is 0 Å². The Morgan fingerprint density at radius 3 is 2.67 bits per heavy atom. The highest BCUT2D eigenvalue weighted by atomic mass is 19.1. The van der Waals surface area contributed by atoms with Crippen molar-refractivity contribution in [2.75, 3.05) is 18.5 Å². The third-order valence-electron chi connectivity index (χ3n) is 3.53. The zero-order valence-corrected chi connectivity index (χ0v) is 11.6. The molecule has 0 unspecified atom stereocenters. The molecule has 4 heteroatoms. The topological polar surface area (TPSA) is 36.1 Å². The number of benzene rings is 2. The molecule has 106 valence electrons. The molecule has 3 nitrogen and oxygen atoms in total. The third-order valence-corrected chi connectivity index (χ3v) is 3.53. The van der Waals surface area contributed by atoms with Gasteiger partial charge in [-0.15, -0.1) is 0 Å². The first-order valence-corrected chi connectivity index (χ1v) is 6.72. The second-order valence-corrected chi connectivity index (χ2v) is 4.98. The predicted molar refractivity (Wildman–Crippen MR) is 82.3 cm³/mol. The molecule has 0 aliphatic carbocycles. The lowest BCUT2D eigenvalue weighted by Crippen LogP contribution is -2.26. The smallest absolute Gasteiger partial charge is 0.184 e. The van der Waals surface area contributed by atoms with Crippen LogP contribution < -0.4 is 4.90 Å². The van der Waals surface area contributed by atoms with Gasteiger partial charge in [0.15, 0.2) is 5.78 Å². The maximum absolute atomic E-state index is 13.7. The molecule has 1 N–H and O–H groups in total. The van der Waals surface area contributed by atoms with Gasteiger partial charge in [0.2, 0.25) is 0 Å². The van der Waals surface area contributed by atoms with Crippen molar-refractivity contribution >= 4 is 22.4 Å². The Bertz CT molecular complexity index is 794. The van der Waals surface area contributed by atoms with Crippen LogP contribution in [-0.4, -0.2) is 24.4 Å². The minimum absolute atomic E-state index is 0.0433. The summed E-state index contributed by atoms with van der Waals surface area (Å²) in [7, 11) is 1.71. The van der Waals surface area contributed by atoms with Crippen molar-refractivity contribution in [3.05, 3.63) is 66.1 Å². The fourth-order valence-corrected chi connectivity index (χ4v) is 2.45. The van der Waals surface area contributed by atoms with Gasteiger partial charge in [0, 0.05) is 29.7 Å². The molecule has 0 aliphatic heterocycles. The molecule has 0 radical (unpaired) electrons. The van der Waals surface area contributed by atoms with Crippen molar-refractivity contribution < 1.29 is 9.18 Å². The minimum atomic E-state index is -0.327. The Labute approximate surface area is 122 Å². The quantitative estimate of drug-likeness (QED) is 0.742. The number of hydrogen-bond donors (Lipinski definition) is 1. The standard InChI is InChI=1S/C17H15FN2O/c1-20(16-9-5-3-7-14(16)18)11-17(21)13-10-19-15-8-4-2-6-12(13)15/h2-10,19H,11H2,1H3. The van der Waals surface area contributed by atoms with E-state index in [1.807, 2.05) is 24.3 Å². The van der Waals surface area contributed by atoms with Crippen LogP contribution in [0.1, 0.15) is 10.4 Å². The monoisotopic (exact) mass is 282 g/mol. The van der Waals surface area contributed by atoms with Crippen LogP contribution >= 0.6 is 0 Å². The fourth-order valence-electron chi connectivity index (χ4n) is 2.45. The highest BCUT2D eigenvalue weighted by molar-refractivity contribution is 6.09. The van der Waals surface area contributed by atoms with Crippen LogP contribution in [-0.2, 0) is 0 Å². The highest BCUT2D eigenvalue weighted by Crippen LogP contribution is 2.21. The minimum Gasteiger partial charge on any atom is -0.365 e. The fraction of sp³-hybridized carbons (Fsp3) is 0.118. The number of hydrogen-bond acceptors (Lipinski definition) is 2. The van der Waals surface area contributed by atoms with Gasteiger partial charge in [-0.1, -0.05) is 30.3 Å². The number of anilines is 1. The van der Waals surface area contributed by atoms with Crippen LogP contribution in [0.4, 0.5) is 10.1 Å². The molecular formula is C17H15FN2O. The zero-order chi connectivity index (χ0) is 14.8. The number of aromatic amines is 1. The molecule has 0 fully saturated rings. The first-order valence-electron chi connectivity index (χ1n) is 6.72. The summed E-state index contributed by atoms with van der Waals surface area (Å²) in [4.78, 5) is 17.1. The van der Waals surface area contributed by atoms with E-state index in [1.165, 1.54) is 6.07 Å². The first kappa shape index (κ1) is 13.4. The maximum Gasteiger partial charge on any atom is 0.184 e. The Morgan fingerprint density at radius 1 is 1.14 bits per heavy atom. The summed E-state index contributed by atoms with van der Waals surface area (Å²) in [5, 5.41) is 0.893. The van der Waals surface area contributed by atoms with Gasteiger partial charge < -0.3 is 9.88 Å². The Morgan fingerprint density at radius 2 is 1.86 bits per heavy atom. The number of para-hydroxylation sites is 2. The van der Waals surface area contributed by atoms with Crippen LogP contribution in [0.2, 0.25) is 0 Å². The van der Waals surface area contributed by atoms with Crippen LogP contribution in [0.15, 0.2) is 54.7 Å². The van der Waals surface area contributed by atoms with E-state index in [-0.39, 0.29) is 18.1 Å². The van der Waals surface area contributed by atoms with Crippen molar-refractivity contribution in [2.24, 2.45) is 0 Å². The van der Waals surface area contributed by atoms with E-state index in [4.69, 9.17) is 0 Å². The molecule has 1 aromatic heterocycles. The third kappa shape index (κ3) is 2.52. The van der Waals surface area contributed by atoms with Gasteiger partial charge in [0.05, 0.1) is 12.2 Å². The number of aromatic nitrogens is 1. The van der Waals surface area contributed by atoms with Gasteiger partial charge in [-0.25, -0.2) is 4.39 Å². The normalized spacial score (nSPS) is 10.8. The Kier molecular flexibility index (Phi) is 3.44. The Hall–Kier alpha value is -2.62. The zero-order valence-electron chi connectivity index (χ0n) is 11.6. The van der Waals surface area contributed by atoms with Crippen molar-refractivity contribution in [1.82, 2.24) is 4.98 Å². The molecule has 2 aromatic carbocycles. The molecular weight excluding hydrogens is 267 g/mol. The molecule has 3 aromatic rings. The van der Waals surface area contributed by atoms with E-state index in [1.54, 1.807) is 36.3 Å². The average Bonchev–Trinajstić information content (AvgIpc) is 2.91. The van der Waals surface area contributed by atoms with Gasteiger partial charge in [0.25, 0.3) is 0 Å². The van der Waals surface area contributed by atoms with Gasteiger partial charge in [-0.05, 0) is 18.2 Å². The number of carbonyl (C=O) groups is 1. The Balaban J connectivity index is 1.85. The summed E-state index contributed by atoms with van der Waals surface area (Å²) in [6.45, 7) is 0.128. The number of nitrogens with zero attached hydrogens (tertiary/aromatic N) is 1. The second-order valence-electron chi connectivity index (χ2n) is 4.98. The van der Waals surface area contributed by atoms with Crippen LogP contribution in [0.5, 0.6) is 0 Å². The molecule has 0 amide bonds. The summed E-state index contributed by atoms with van der Waals surface area (Å²) in [6, 6.07) is 14.1. The van der Waals surface area contributed by atoms with Gasteiger partial charge in [-0.3, -0.25) is 4.79 Å². The SMILES string of the molecule is CN(CC(=O)c1c[nH]c2ccccc12)c1ccccc1F. The number of nitrogens with one attached hydrogen (secondary N) is 1. The van der Waals surface area contributed by atoms with E-state index in [0.29, 0.717) is 11.3 Å². The highest BCUT2D eigenvalue weighted by Gasteiger charge is 2.15. The van der Waals surface area contributed by atoms with Gasteiger partial charge in [-0.2, -0.15) is 0 Å². The van der Waals surface area contributed by atoms with E-state index < -0.39 is 0 Å². The van der Waals surface area contributed by atoms with E-state index in [0.717, 1.165) is 10.9 Å². The number of carbonyl (C=O) groups excluding carboxylic acids is 1. The summed E-state index contributed by atoms with van der Waals surface area (Å²) in [5.41, 5.74) is 1.98. The summed E-state index contributed by atoms with van der Waals surface area (Å²) < 4.78 is 13.7. The number of halogens is 1. The molecule has 0 atom stereocenters. The van der Waals surface area contributed by atoms with Gasteiger partial charge in [0.1, 0.15) is 5.82 Å². The molecule has 3 rings (SSSR count). The number of likely N-dealkylation sites (N-methyl/N-ethyl adjacent to an activating group) is 1. The van der Waals surface area contributed by atoms with E-state index >= 15 is 0 Å². The second kappa shape index (κ2) is 5.40.